The lowest BCUT2D eigenvalue weighted by atomic mass is 9.96. The molecule has 88 valence electrons. The minimum absolute atomic E-state index is 1.07. The Kier molecular flexibility index (Phi) is 5.22. The first kappa shape index (κ1) is 13.2. The molecule has 0 N–H and O–H groups in total. The van der Waals surface area contributed by atoms with Gasteiger partial charge in [0.1, 0.15) is 0 Å². The molecule has 0 amide bonds. The van der Waals surface area contributed by atoms with E-state index in [0.717, 1.165) is 12.0 Å². The Morgan fingerprint density at radius 3 is 2.24 bits per heavy atom. The van der Waals surface area contributed by atoms with Gasteiger partial charge < -0.3 is 0 Å². The number of rotatable bonds is 5. The SMILES string of the molecule is C=C/C=C(\C(C=C)=C/C)c1ccc(CC)cc1. The van der Waals surface area contributed by atoms with Gasteiger partial charge >= 0.3 is 0 Å². The van der Waals surface area contributed by atoms with Crippen LogP contribution in [0, 0.1) is 0 Å². The van der Waals surface area contributed by atoms with E-state index in [1.54, 1.807) is 0 Å². The van der Waals surface area contributed by atoms with Crippen molar-refractivity contribution >= 4 is 5.57 Å². The van der Waals surface area contributed by atoms with Crippen LogP contribution in [0.2, 0.25) is 0 Å². The Hall–Kier alpha value is -1.82. The Bertz CT molecular complexity index is 441. The molecule has 0 aliphatic heterocycles. The van der Waals surface area contributed by atoms with Crippen molar-refractivity contribution in [2.24, 2.45) is 0 Å². The van der Waals surface area contributed by atoms with Crippen molar-refractivity contribution < 1.29 is 0 Å². The summed E-state index contributed by atoms with van der Waals surface area (Å²) in [6, 6.07) is 8.65. The largest absolute Gasteiger partial charge is 0.0990 e. The Morgan fingerprint density at radius 2 is 1.82 bits per heavy atom. The summed E-state index contributed by atoms with van der Waals surface area (Å²) in [7, 11) is 0. The van der Waals surface area contributed by atoms with Crippen LogP contribution in [0.15, 0.2) is 67.3 Å². The van der Waals surface area contributed by atoms with E-state index >= 15 is 0 Å². The smallest absolute Gasteiger partial charge is 0.0115 e. The molecular weight excluding hydrogens is 204 g/mol. The quantitative estimate of drug-likeness (QED) is 0.621. The minimum atomic E-state index is 1.07. The Morgan fingerprint density at radius 1 is 1.18 bits per heavy atom. The van der Waals surface area contributed by atoms with Gasteiger partial charge in [-0.1, -0.05) is 68.7 Å². The van der Waals surface area contributed by atoms with Crippen LogP contribution in [-0.2, 0) is 6.42 Å². The first-order chi connectivity index (χ1) is 8.26. The Labute approximate surface area is 105 Å². The lowest BCUT2D eigenvalue weighted by Crippen LogP contribution is -1.88. The van der Waals surface area contributed by atoms with Crippen LogP contribution < -0.4 is 0 Å². The Balaban J connectivity index is 3.19. The summed E-state index contributed by atoms with van der Waals surface area (Å²) in [5, 5.41) is 0. The van der Waals surface area contributed by atoms with Gasteiger partial charge in [0, 0.05) is 0 Å². The molecule has 0 heteroatoms. The molecule has 0 aromatic heterocycles. The first-order valence-electron chi connectivity index (χ1n) is 5.98. The van der Waals surface area contributed by atoms with Crippen LogP contribution >= 0.6 is 0 Å². The molecule has 0 heterocycles. The summed E-state index contributed by atoms with van der Waals surface area (Å²) in [6.45, 7) is 11.8. The van der Waals surface area contributed by atoms with Gasteiger partial charge in [-0.3, -0.25) is 0 Å². The van der Waals surface area contributed by atoms with Crippen molar-refractivity contribution in [3.63, 3.8) is 0 Å². The summed E-state index contributed by atoms with van der Waals surface area (Å²) < 4.78 is 0. The number of aryl methyl sites for hydroxylation is 1. The van der Waals surface area contributed by atoms with Gasteiger partial charge in [0.15, 0.2) is 0 Å². The van der Waals surface area contributed by atoms with Crippen molar-refractivity contribution in [3.05, 3.63) is 78.4 Å². The lowest BCUT2D eigenvalue weighted by molar-refractivity contribution is 1.14. The van der Waals surface area contributed by atoms with Crippen molar-refractivity contribution in [3.8, 4) is 0 Å². The molecule has 0 radical (unpaired) electrons. The number of hydrogen-bond donors (Lipinski definition) is 0. The molecule has 1 aromatic carbocycles. The summed E-state index contributed by atoms with van der Waals surface area (Å²) in [6.07, 6.45) is 8.85. The number of allylic oxidation sites excluding steroid dienone is 6. The molecule has 0 unspecified atom stereocenters. The first-order valence-corrected chi connectivity index (χ1v) is 5.98. The molecule has 0 saturated carbocycles. The van der Waals surface area contributed by atoms with E-state index < -0.39 is 0 Å². The molecule has 17 heavy (non-hydrogen) atoms. The topological polar surface area (TPSA) is 0 Å². The summed E-state index contributed by atoms with van der Waals surface area (Å²) in [5.41, 5.74) is 4.86. The van der Waals surface area contributed by atoms with Gasteiger partial charge in [-0.25, -0.2) is 0 Å². The van der Waals surface area contributed by atoms with Crippen molar-refractivity contribution in [1.29, 1.82) is 0 Å². The maximum Gasteiger partial charge on any atom is -0.0115 e. The fourth-order valence-corrected chi connectivity index (χ4v) is 1.78. The fraction of sp³-hybridized carbons (Fsp3) is 0.176. The summed E-state index contributed by atoms with van der Waals surface area (Å²) >= 11 is 0. The molecule has 1 aromatic rings. The molecule has 0 aliphatic carbocycles. The van der Waals surface area contributed by atoms with E-state index in [1.807, 2.05) is 25.2 Å². The highest BCUT2D eigenvalue weighted by Crippen LogP contribution is 2.24. The molecule has 1 rings (SSSR count). The maximum atomic E-state index is 3.85. The highest BCUT2D eigenvalue weighted by Gasteiger charge is 2.03. The molecule has 0 nitrogen and oxygen atoms in total. The van der Waals surface area contributed by atoms with Gasteiger partial charge in [-0.2, -0.15) is 0 Å². The zero-order valence-corrected chi connectivity index (χ0v) is 10.7. The van der Waals surface area contributed by atoms with Crippen LogP contribution in [0.5, 0.6) is 0 Å². The summed E-state index contributed by atoms with van der Waals surface area (Å²) in [5.74, 6) is 0. The second kappa shape index (κ2) is 6.70. The van der Waals surface area contributed by atoms with Crippen molar-refractivity contribution in [2.75, 3.05) is 0 Å². The summed E-state index contributed by atoms with van der Waals surface area (Å²) in [4.78, 5) is 0. The standard InChI is InChI=1S/C17H20/c1-5-9-17(15(7-3)8-4)16-12-10-14(6-2)11-13-16/h5,7-13H,1,3,6H2,2,4H3/b15-8-,17-9+. The molecule has 0 bridgehead atoms. The van der Waals surface area contributed by atoms with Gasteiger partial charge in [0.05, 0.1) is 0 Å². The van der Waals surface area contributed by atoms with Gasteiger partial charge in [-0.15, -0.1) is 0 Å². The van der Waals surface area contributed by atoms with Gasteiger partial charge in [0.2, 0.25) is 0 Å². The van der Waals surface area contributed by atoms with Crippen molar-refractivity contribution in [2.45, 2.75) is 20.3 Å². The van der Waals surface area contributed by atoms with Crippen molar-refractivity contribution in [1.82, 2.24) is 0 Å². The molecular formula is C17H20. The van der Waals surface area contributed by atoms with Crippen LogP contribution in [0.25, 0.3) is 5.57 Å². The predicted octanol–water partition coefficient (Wildman–Crippen LogP) is 4.95. The molecule has 0 aliphatic rings. The van der Waals surface area contributed by atoms with E-state index in [1.165, 1.54) is 16.7 Å². The average Bonchev–Trinajstić information content (AvgIpc) is 2.39. The minimum Gasteiger partial charge on any atom is -0.0990 e. The zero-order valence-electron chi connectivity index (χ0n) is 10.7. The third kappa shape index (κ3) is 3.32. The van der Waals surface area contributed by atoms with Gasteiger partial charge in [0.25, 0.3) is 0 Å². The third-order valence-electron chi connectivity index (χ3n) is 2.80. The predicted molar refractivity (Wildman–Crippen MR) is 77.9 cm³/mol. The van der Waals surface area contributed by atoms with Gasteiger partial charge in [-0.05, 0) is 35.6 Å². The van der Waals surface area contributed by atoms with E-state index in [9.17, 15) is 0 Å². The molecule has 0 atom stereocenters. The van der Waals surface area contributed by atoms with Crippen LogP contribution in [0.3, 0.4) is 0 Å². The monoisotopic (exact) mass is 224 g/mol. The van der Waals surface area contributed by atoms with Crippen LogP contribution in [-0.4, -0.2) is 0 Å². The normalized spacial score (nSPS) is 12.4. The second-order valence-electron chi connectivity index (χ2n) is 3.81. The molecule has 0 spiro atoms. The second-order valence-corrected chi connectivity index (χ2v) is 3.81. The van der Waals surface area contributed by atoms with E-state index in [4.69, 9.17) is 0 Å². The lowest BCUT2D eigenvalue weighted by Gasteiger charge is -2.09. The van der Waals surface area contributed by atoms with E-state index in [2.05, 4.69) is 50.4 Å². The molecule has 0 fully saturated rings. The highest BCUT2D eigenvalue weighted by molar-refractivity contribution is 5.82. The fourth-order valence-electron chi connectivity index (χ4n) is 1.78. The number of benzene rings is 1. The maximum absolute atomic E-state index is 3.85. The average molecular weight is 224 g/mol. The van der Waals surface area contributed by atoms with Crippen LogP contribution in [0.4, 0.5) is 0 Å². The van der Waals surface area contributed by atoms with E-state index in [-0.39, 0.29) is 0 Å². The highest BCUT2D eigenvalue weighted by atomic mass is 14.1. The zero-order chi connectivity index (χ0) is 12.7. The van der Waals surface area contributed by atoms with Crippen LogP contribution in [0.1, 0.15) is 25.0 Å². The van der Waals surface area contributed by atoms with E-state index in [0.29, 0.717) is 0 Å². The number of hydrogen-bond acceptors (Lipinski definition) is 0. The third-order valence-corrected chi connectivity index (χ3v) is 2.80. The molecule has 0 saturated heterocycles.